The Kier molecular flexibility index (Phi) is 3.53. The molecule has 3 unspecified atom stereocenters. The Hall–Kier alpha value is -0.0800. The van der Waals surface area contributed by atoms with Gasteiger partial charge in [0.25, 0.3) is 0 Å². The molecule has 0 amide bonds. The lowest BCUT2D eigenvalue weighted by Crippen LogP contribution is -2.40. The molecule has 0 aromatic carbocycles. The van der Waals surface area contributed by atoms with Crippen molar-refractivity contribution in [3.8, 4) is 0 Å². The highest BCUT2D eigenvalue weighted by Crippen LogP contribution is 2.28. The molecule has 0 aliphatic carbocycles. The van der Waals surface area contributed by atoms with Crippen LogP contribution in [0.4, 0.5) is 0 Å². The van der Waals surface area contributed by atoms with Crippen molar-refractivity contribution >= 4 is 0 Å². The summed E-state index contributed by atoms with van der Waals surface area (Å²) < 4.78 is 0. The molecule has 1 fully saturated rings. The lowest BCUT2D eigenvalue weighted by molar-refractivity contribution is 0.118. The smallest absolute Gasteiger partial charge is 0.000673 e. The van der Waals surface area contributed by atoms with Crippen molar-refractivity contribution in [1.82, 2.24) is 4.90 Å². The van der Waals surface area contributed by atoms with Crippen molar-refractivity contribution < 1.29 is 0 Å². The van der Waals surface area contributed by atoms with E-state index in [1.165, 1.54) is 19.5 Å². The second kappa shape index (κ2) is 4.24. The Bertz CT molecular complexity index is 136. The van der Waals surface area contributed by atoms with E-state index in [4.69, 9.17) is 5.73 Å². The third kappa shape index (κ3) is 2.20. The van der Waals surface area contributed by atoms with Gasteiger partial charge in [0.05, 0.1) is 0 Å². The molecule has 1 rings (SSSR count). The van der Waals surface area contributed by atoms with Crippen LogP contribution in [-0.2, 0) is 0 Å². The van der Waals surface area contributed by atoms with Gasteiger partial charge < -0.3 is 10.6 Å². The van der Waals surface area contributed by atoms with Crippen molar-refractivity contribution in [2.24, 2.45) is 23.5 Å². The SMILES string of the molecule is CC(CN)C1CCN(C)CC1C. The lowest BCUT2D eigenvalue weighted by atomic mass is 9.78. The van der Waals surface area contributed by atoms with Gasteiger partial charge in [0.1, 0.15) is 0 Å². The fourth-order valence-electron chi connectivity index (χ4n) is 2.39. The Morgan fingerprint density at radius 2 is 2.25 bits per heavy atom. The van der Waals surface area contributed by atoms with E-state index in [9.17, 15) is 0 Å². The maximum atomic E-state index is 5.69. The summed E-state index contributed by atoms with van der Waals surface area (Å²) >= 11 is 0. The van der Waals surface area contributed by atoms with Gasteiger partial charge >= 0.3 is 0 Å². The highest BCUT2D eigenvalue weighted by Gasteiger charge is 2.27. The topological polar surface area (TPSA) is 29.3 Å². The van der Waals surface area contributed by atoms with Crippen LogP contribution in [0.2, 0.25) is 0 Å². The summed E-state index contributed by atoms with van der Waals surface area (Å²) in [6.45, 7) is 7.98. The van der Waals surface area contributed by atoms with Crippen LogP contribution < -0.4 is 5.73 Å². The molecule has 1 heterocycles. The molecule has 1 saturated heterocycles. The maximum absolute atomic E-state index is 5.69. The molecule has 0 spiro atoms. The highest BCUT2D eigenvalue weighted by atomic mass is 15.1. The first-order valence-corrected chi connectivity index (χ1v) is 5.03. The van der Waals surface area contributed by atoms with Gasteiger partial charge in [-0.1, -0.05) is 13.8 Å². The van der Waals surface area contributed by atoms with Gasteiger partial charge in [0.15, 0.2) is 0 Å². The average molecular weight is 170 g/mol. The monoisotopic (exact) mass is 170 g/mol. The highest BCUT2D eigenvalue weighted by molar-refractivity contribution is 4.79. The fraction of sp³-hybridized carbons (Fsp3) is 1.00. The van der Waals surface area contributed by atoms with Gasteiger partial charge in [-0.05, 0) is 44.3 Å². The zero-order chi connectivity index (χ0) is 9.14. The number of hydrogen-bond donors (Lipinski definition) is 1. The summed E-state index contributed by atoms with van der Waals surface area (Å²) in [5.41, 5.74) is 5.69. The molecule has 2 heteroatoms. The van der Waals surface area contributed by atoms with Crippen molar-refractivity contribution in [3.05, 3.63) is 0 Å². The number of piperidine rings is 1. The molecule has 2 N–H and O–H groups in total. The summed E-state index contributed by atoms with van der Waals surface area (Å²) in [5, 5.41) is 0. The molecule has 0 aromatic heterocycles. The van der Waals surface area contributed by atoms with E-state index in [0.717, 1.165) is 18.4 Å². The predicted molar refractivity (Wildman–Crippen MR) is 53.0 cm³/mol. The normalized spacial score (nSPS) is 35.0. The molecule has 0 bridgehead atoms. The molecule has 1 aliphatic rings. The van der Waals surface area contributed by atoms with Crippen molar-refractivity contribution in [2.45, 2.75) is 20.3 Å². The lowest BCUT2D eigenvalue weighted by Gasteiger charge is -2.37. The van der Waals surface area contributed by atoms with E-state index in [1.54, 1.807) is 0 Å². The summed E-state index contributed by atoms with van der Waals surface area (Å²) in [6, 6.07) is 0. The van der Waals surface area contributed by atoms with Crippen LogP contribution >= 0.6 is 0 Å². The number of hydrogen-bond acceptors (Lipinski definition) is 2. The van der Waals surface area contributed by atoms with Gasteiger partial charge in [-0.25, -0.2) is 0 Å². The summed E-state index contributed by atoms with van der Waals surface area (Å²) in [4.78, 5) is 2.42. The molecule has 0 radical (unpaired) electrons. The summed E-state index contributed by atoms with van der Waals surface area (Å²) in [7, 11) is 2.21. The van der Waals surface area contributed by atoms with Gasteiger partial charge in [-0.2, -0.15) is 0 Å². The number of nitrogens with two attached hydrogens (primary N) is 1. The summed E-state index contributed by atoms with van der Waals surface area (Å²) in [6.07, 6.45) is 1.33. The minimum Gasteiger partial charge on any atom is -0.330 e. The van der Waals surface area contributed by atoms with E-state index < -0.39 is 0 Å². The van der Waals surface area contributed by atoms with Crippen molar-refractivity contribution in [2.75, 3.05) is 26.7 Å². The molecule has 1 aliphatic heterocycles. The third-order valence-corrected chi connectivity index (χ3v) is 3.28. The van der Waals surface area contributed by atoms with Crippen LogP contribution in [0.25, 0.3) is 0 Å². The molecule has 72 valence electrons. The molecule has 3 atom stereocenters. The standard InChI is InChI=1S/C10H22N2/c1-8(6-11)10-4-5-12(3)7-9(10)2/h8-10H,4-7,11H2,1-3H3. The van der Waals surface area contributed by atoms with E-state index in [0.29, 0.717) is 5.92 Å². The summed E-state index contributed by atoms with van der Waals surface area (Å²) in [5.74, 6) is 2.38. The average Bonchev–Trinajstić information content (AvgIpc) is 2.03. The van der Waals surface area contributed by atoms with Crippen LogP contribution in [0.5, 0.6) is 0 Å². The molecule has 0 saturated carbocycles. The van der Waals surface area contributed by atoms with E-state index in [-0.39, 0.29) is 0 Å². The predicted octanol–water partition coefficient (Wildman–Crippen LogP) is 1.17. The third-order valence-electron chi connectivity index (χ3n) is 3.28. The van der Waals surface area contributed by atoms with Gasteiger partial charge in [0, 0.05) is 6.54 Å². The first-order chi connectivity index (χ1) is 5.65. The second-order valence-corrected chi connectivity index (χ2v) is 4.41. The minimum absolute atomic E-state index is 0.702. The molecule has 0 aromatic rings. The van der Waals surface area contributed by atoms with Gasteiger partial charge in [0.2, 0.25) is 0 Å². The minimum atomic E-state index is 0.702. The van der Waals surface area contributed by atoms with Crippen LogP contribution in [0.1, 0.15) is 20.3 Å². The fourth-order valence-corrected chi connectivity index (χ4v) is 2.39. The maximum Gasteiger partial charge on any atom is 0.000673 e. The molecule has 2 nitrogen and oxygen atoms in total. The Labute approximate surface area is 76.1 Å². The van der Waals surface area contributed by atoms with Crippen molar-refractivity contribution in [3.63, 3.8) is 0 Å². The van der Waals surface area contributed by atoms with E-state index in [2.05, 4.69) is 25.8 Å². The van der Waals surface area contributed by atoms with E-state index >= 15 is 0 Å². The number of rotatable bonds is 2. The largest absolute Gasteiger partial charge is 0.330 e. The number of likely N-dealkylation sites (tertiary alicyclic amines) is 1. The zero-order valence-electron chi connectivity index (χ0n) is 8.59. The van der Waals surface area contributed by atoms with Crippen molar-refractivity contribution in [1.29, 1.82) is 0 Å². The quantitative estimate of drug-likeness (QED) is 0.674. The van der Waals surface area contributed by atoms with Crippen LogP contribution in [-0.4, -0.2) is 31.6 Å². The van der Waals surface area contributed by atoms with E-state index in [1.807, 2.05) is 0 Å². The number of nitrogens with zero attached hydrogens (tertiary/aromatic N) is 1. The van der Waals surface area contributed by atoms with Crippen LogP contribution in [0.15, 0.2) is 0 Å². The zero-order valence-corrected chi connectivity index (χ0v) is 8.59. The van der Waals surface area contributed by atoms with Crippen LogP contribution in [0, 0.1) is 17.8 Å². The second-order valence-electron chi connectivity index (χ2n) is 4.41. The Morgan fingerprint density at radius 1 is 1.58 bits per heavy atom. The van der Waals surface area contributed by atoms with Gasteiger partial charge in [-0.15, -0.1) is 0 Å². The first kappa shape index (κ1) is 10.0. The Balaban J connectivity index is 2.44. The van der Waals surface area contributed by atoms with Gasteiger partial charge in [-0.3, -0.25) is 0 Å². The Morgan fingerprint density at radius 3 is 2.75 bits per heavy atom. The first-order valence-electron chi connectivity index (χ1n) is 5.03. The molecular formula is C10H22N2. The van der Waals surface area contributed by atoms with Crippen LogP contribution in [0.3, 0.4) is 0 Å². The molecular weight excluding hydrogens is 148 g/mol. The molecule has 12 heavy (non-hydrogen) atoms.